The molecular formula is C31H22F2N4O8. The lowest BCUT2D eigenvalue weighted by molar-refractivity contribution is -0.140. The number of halogens is 2. The lowest BCUT2D eigenvalue weighted by Gasteiger charge is -2.30. The Hall–Kier alpha value is -5.79. The quantitative estimate of drug-likeness (QED) is 0.174. The van der Waals surface area contributed by atoms with Crippen molar-refractivity contribution in [2.45, 2.75) is 24.9 Å². The van der Waals surface area contributed by atoms with E-state index in [4.69, 9.17) is 13.9 Å². The largest absolute Gasteiger partial charge is 0.494 e. The number of nitrogens with one attached hydrogen (secondary N) is 2. The summed E-state index contributed by atoms with van der Waals surface area (Å²) in [6.07, 6.45) is -1.03. The third-order valence-electron chi connectivity index (χ3n) is 8.13. The first kappa shape index (κ1) is 28.0. The van der Waals surface area contributed by atoms with Crippen molar-refractivity contribution in [1.29, 1.82) is 0 Å². The number of urea groups is 1. The normalized spacial score (nSPS) is 20.2. The zero-order chi connectivity index (χ0) is 31.6. The molecule has 0 aliphatic carbocycles. The average Bonchev–Trinajstić information content (AvgIpc) is 3.77. The van der Waals surface area contributed by atoms with Crippen molar-refractivity contribution in [3.05, 3.63) is 99.8 Å². The van der Waals surface area contributed by atoms with Gasteiger partial charge in [0, 0.05) is 24.0 Å². The Kier molecular flexibility index (Phi) is 6.31. The summed E-state index contributed by atoms with van der Waals surface area (Å²) in [7, 11) is 1.30. The monoisotopic (exact) mass is 616 g/mol. The second-order valence-electron chi connectivity index (χ2n) is 10.8. The lowest BCUT2D eigenvalue weighted by Crippen LogP contribution is -2.52. The Morgan fingerprint density at radius 1 is 1.11 bits per heavy atom. The Labute approximate surface area is 252 Å². The number of esters is 1. The third-order valence-corrected chi connectivity index (χ3v) is 8.13. The topological polar surface area (TPSA) is 147 Å². The number of fused-ring (bicyclic) bond motifs is 3. The molecule has 228 valence electrons. The molecule has 3 aromatic carbocycles. The molecule has 14 heteroatoms. The highest BCUT2D eigenvalue weighted by atomic mass is 19.1. The van der Waals surface area contributed by atoms with Crippen molar-refractivity contribution in [1.82, 2.24) is 20.4 Å². The minimum absolute atomic E-state index is 0.0157. The molecule has 0 radical (unpaired) electrons. The highest BCUT2D eigenvalue weighted by molar-refractivity contribution is 6.09. The molecule has 4 heterocycles. The molecule has 2 atom stereocenters. The van der Waals surface area contributed by atoms with Gasteiger partial charge >= 0.3 is 12.0 Å². The van der Waals surface area contributed by atoms with Gasteiger partial charge in [0.2, 0.25) is 12.6 Å². The summed E-state index contributed by atoms with van der Waals surface area (Å²) in [5.74, 6) is -4.23. The number of nitrogens with zero attached hydrogens (tertiary/aromatic N) is 2. The van der Waals surface area contributed by atoms with Crippen LogP contribution in [0.1, 0.15) is 49.4 Å². The first-order valence-corrected chi connectivity index (χ1v) is 13.7. The number of cyclic esters (lactones) is 1. The van der Waals surface area contributed by atoms with Crippen LogP contribution in [0.15, 0.2) is 59.0 Å². The summed E-state index contributed by atoms with van der Waals surface area (Å²) in [5.41, 5.74) is -1.55. The van der Waals surface area contributed by atoms with Gasteiger partial charge in [0.05, 0.1) is 24.8 Å². The fraction of sp³-hybridized carbons (Fsp3) is 0.194. The molecule has 2 N–H and O–H groups in total. The number of carbonyl (C=O) groups is 5. The van der Waals surface area contributed by atoms with E-state index >= 15 is 4.39 Å². The van der Waals surface area contributed by atoms with Crippen molar-refractivity contribution in [2.75, 3.05) is 13.7 Å². The van der Waals surface area contributed by atoms with Crippen molar-refractivity contribution in [3.8, 4) is 5.75 Å². The van der Waals surface area contributed by atoms with Crippen LogP contribution in [0.3, 0.4) is 0 Å². The smallest absolute Gasteiger partial charge is 0.340 e. The molecule has 1 aromatic heterocycles. The van der Waals surface area contributed by atoms with Crippen LogP contribution in [0.4, 0.5) is 13.6 Å². The van der Waals surface area contributed by atoms with E-state index in [0.29, 0.717) is 22.4 Å². The molecule has 45 heavy (non-hydrogen) atoms. The number of ether oxygens (including phenoxy) is 2. The zero-order valence-corrected chi connectivity index (χ0v) is 23.4. The number of hydrogen-bond acceptors (Lipinski definition) is 8. The number of furan rings is 1. The van der Waals surface area contributed by atoms with Crippen molar-refractivity contribution < 1.29 is 46.6 Å². The summed E-state index contributed by atoms with van der Waals surface area (Å²) in [6.45, 7) is -0.672. The molecule has 5 amide bonds. The van der Waals surface area contributed by atoms with Gasteiger partial charge in [-0.25, -0.2) is 23.3 Å². The number of amides is 5. The highest BCUT2D eigenvalue weighted by Gasteiger charge is 2.59. The molecule has 0 saturated carbocycles. The van der Waals surface area contributed by atoms with Gasteiger partial charge in [-0.3, -0.25) is 14.4 Å². The van der Waals surface area contributed by atoms with Crippen LogP contribution >= 0.6 is 0 Å². The second kappa shape index (κ2) is 10.1. The number of imide groups is 1. The third kappa shape index (κ3) is 4.20. The summed E-state index contributed by atoms with van der Waals surface area (Å²) < 4.78 is 46.3. The lowest BCUT2D eigenvalue weighted by atomic mass is 9.94. The standard InChI is InChI=1S/C31H22F2N4O8/c1-43-21-7-6-15(8-20(21)32)12-36(14-38)13-31(22-10-16-9-17-11-34-26(39)23(17)24(33)25(16)44-22)29(41)37(30(42)35-31)27-18-4-2-3-5-19(18)28(40)45-27/h2-10,14,27H,11-13H2,1H3,(H,34,39)(H,35,42)/t27?,31-/m0/s1. The predicted octanol–water partition coefficient (Wildman–Crippen LogP) is 3.24. The maximum Gasteiger partial charge on any atom is 0.340 e. The van der Waals surface area contributed by atoms with E-state index in [1.165, 1.54) is 43.5 Å². The first-order valence-electron chi connectivity index (χ1n) is 13.7. The van der Waals surface area contributed by atoms with Crippen LogP contribution < -0.4 is 15.4 Å². The molecule has 1 fully saturated rings. The first-order chi connectivity index (χ1) is 21.6. The molecule has 3 aliphatic rings. The van der Waals surface area contributed by atoms with Gasteiger partial charge in [0.25, 0.3) is 11.8 Å². The fourth-order valence-electron chi connectivity index (χ4n) is 6.01. The van der Waals surface area contributed by atoms with Gasteiger partial charge in [-0.05, 0) is 41.5 Å². The zero-order valence-electron chi connectivity index (χ0n) is 23.4. The Balaban J connectivity index is 1.33. The maximum atomic E-state index is 15.6. The van der Waals surface area contributed by atoms with E-state index < -0.39 is 53.8 Å². The molecule has 3 aliphatic heterocycles. The second-order valence-corrected chi connectivity index (χ2v) is 10.8. The van der Waals surface area contributed by atoms with Crippen LogP contribution in [-0.4, -0.2) is 53.7 Å². The van der Waals surface area contributed by atoms with Crippen LogP contribution in [0.2, 0.25) is 0 Å². The van der Waals surface area contributed by atoms with Crippen LogP contribution in [0, 0.1) is 11.6 Å². The van der Waals surface area contributed by atoms with Gasteiger partial charge in [0.15, 0.2) is 28.5 Å². The number of methoxy groups -OCH3 is 1. The molecule has 0 bridgehead atoms. The van der Waals surface area contributed by atoms with E-state index in [0.717, 1.165) is 11.0 Å². The summed E-state index contributed by atoms with van der Waals surface area (Å²) in [5, 5.41) is 5.33. The van der Waals surface area contributed by atoms with Crippen molar-refractivity contribution in [3.63, 3.8) is 0 Å². The SMILES string of the molecule is COc1ccc(CN(C=O)C[C@@]2(c3cc4cc5c(c(F)c4o3)C(=O)NC5)NC(=O)N(C3OC(=O)c4ccccc43)C2=O)cc1F. The van der Waals surface area contributed by atoms with E-state index in [9.17, 15) is 28.4 Å². The summed E-state index contributed by atoms with van der Waals surface area (Å²) >= 11 is 0. The fourth-order valence-corrected chi connectivity index (χ4v) is 6.01. The van der Waals surface area contributed by atoms with Gasteiger partial charge in [0.1, 0.15) is 5.76 Å². The van der Waals surface area contributed by atoms with Gasteiger partial charge in [-0.1, -0.05) is 24.3 Å². The molecule has 1 unspecified atom stereocenters. The Morgan fingerprint density at radius 2 is 1.91 bits per heavy atom. The number of rotatable bonds is 8. The van der Waals surface area contributed by atoms with E-state index in [1.807, 2.05) is 0 Å². The van der Waals surface area contributed by atoms with Crippen LogP contribution in [-0.2, 0) is 33.0 Å². The average molecular weight is 617 g/mol. The summed E-state index contributed by atoms with van der Waals surface area (Å²) in [4.78, 5) is 67.0. The molecule has 12 nitrogen and oxygen atoms in total. The van der Waals surface area contributed by atoms with Gasteiger partial charge in [-0.2, -0.15) is 0 Å². The maximum absolute atomic E-state index is 15.6. The van der Waals surface area contributed by atoms with Crippen molar-refractivity contribution in [2.24, 2.45) is 0 Å². The van der Waals surface area contributed by atoms with E-state index in [2.05, 4.69) is 10.6 Å². The van der Waals surface area contributed by atoms with Gasteiger partial charge < -0.3 is 29.4 Å². The number of carbonyl (C=O) groups excluding carboxylic acids is 5. The van der Waals surface area contributed by atoms with Gasteiger partial charge in [-0.15, -0.1) is 0 Å². The van der Waals surface area contributed by atoms with Crippen molar-refractivity contribution >= 4 is 41.2 Å². The Bertz CT molecular complexity index is 1980. The highest BCUT2D eigenvalue weighted by Crippen LogP contribution is 2.42. The van der Waals surface area contributed by atoms with E-state index in [1.54, 1.807) is 12.1 Å². The molecule has 7 rings (SSSR count). The molecule has 1 saturated heterocycles. The summed E-state index contributed by atoms with van der Waals surface area (Å²) in [6, 6.07) is 12.2. The molecular weight excluding hydrogens is 594 g/mol. The number of hydrogen-bond donors (Lipinski definition) is 2. The van der Waals surface area contributed by atoms with Crippen LogP contribution in [0.25, 0.3) is 11.0 Å². The molecule has 0 spiro atoms. The molecule has 4 aromatic rings. The minimum atomic E-state index is -2.15. The Morgan fingerprint density at radius 3 is 2.67 bits per heavy atom. The minimum Gasteiger partial charge on any atom is -0.494 e. The predicted molar refractivity (Wildman–Crippen MR) is 148 cm³/mol. The van der Waals surface area contributed by atoms with E-state index in [-0.39, 0.29) is 52.3 Å². The number of benzene rings is 3. The van der Waals surface area contributed by atoms with Crippen LogP contribution in [0.5, 0.6) is 5.75 Å².